The van der Waals surface area contributed by atoms with Gasteiger partial charge in [-0.05, 0) is 84.1 Å². The van der Waals surface area contributed by atoms with Gasteiger partial charge in [-0.3, -0.25) is 4.68 Å². The van der Waals surface area contributed by atoms with Crippen molar-refractivity contribution in [2.45, 2.75) is 69.5 Å². The van der Waals surface area contributed by atoms with Gasteiger partial charge in [-0.15, -0.1) is 5.10 Å². The van der Waals surface area contributed by atoms with Gasteiger partial charge in [0.2, 0.25) is 0 Å². The van der Waals surface area contributed by atoms with Crippen molar-refractivity contribution < 1.29 is 14.6 Å². The minimum Gasteiger partial charge on any atom is -0.432 e. The van der Waals surface area contributed by atoms with Crippen molar-refractivity contribution in [3.63, 3.8) is 0 Å². The summed E-state index contributed by atoms with van der Waals surface area (Å²) in [5, 5.41) is 18.6. The number of aliphatic hydroxyl groups excluding tert-OH is 1. The van der Waals surface area contributed by atoms with Crippen LogP contribution in [0, 0.1) is 9.49 Å². The molecule has 1 saturated heterocycles. The summed E-state index contributed by atoms with van der Waals surface area (Å²) in [7, 11) is -2.41. The topological polar surface area (TPSA) is 80.4 Å². The van der Waals surface area contributed by atoms with E-state index in [4.69, 9.17) is 4.74 Å². The molecule has 1 unspecified atom stereocenters. The molecule has 2 heterocycles. The van der Waals surface area contributed by atoms with E-state index in [1.807, 2.05) is 54.3 Å². The lowest BCUT2D eigenvalue weighted by molar-refractivity contribution is 0.0245. The molecule has 0 spiro atoms. The number of aliphatic hydroxyl groups is 1. The summed E-state index contributed by atoms with van der Waals surface area (Å²) in [6.45, 7) is 6.97. The first-order chi connectivity index (χ1) is 16.8. The Hall–Kier alpha value is -1.59. The van der Waals surface area contributed by atoms with Crippen LogP contribution in [-0.4, -0.2) is 52.0 Å². The molecular weight excluding hydrogens is 569 g/mol. The second-order valence-corrected chi connectivity index (χ2v) is 15.5. The summed E-state index contributed by atoms with van der Waals surface area (Å²) in [5.74, 6) is 0.132. The maximum absolute atomic E-state index is 11.1. The van der Waals surface area contributed by atoms with E-state index in [0.29, 0.717) is 12.5 Å². The molecule has 8 heteroatoms. The smallest absolute Gasteiger partial charge is 0.188 e. The fraction of sp³-hybridized carbons (Fsp3) is 0.481. The van der Waals surface area contributed by atoms with Crippen LogP contribution in [0.15, 0.2) is 60.8 Å². The van der Waals surface area contributed by atoms with Crippen LogP contribution in [-0.2, 0) is 17.7 Å². The van der Waals surface area contributed by atoms with Gasteiger partial charge >= 0.3 is 0 Å². The third-order valence-electron chi connectivity index (χ3n) is 7.27. The highest BCUT2D eigenvalue weighted by atomic mass is 127. The van der Waals surface area contributed by atoms with Gasteiger partial charge in [0.25, 0.3) is 0 Å². The predicted octanol–water partition coefficient (Wildman–Crippen LogP) is 5.00. The van der Waals surface area contributed by atoms with Gasteiger partial charge in [0.1, 0.15) is 0 Å². The summed E-state index contributed by atoms with van der Waals surface area (Å²) >= 11 is 2.36. The first-order valence-corrected chi connectivity index (χ1v) is 16.5. The van der Waals surface area contributed by atoms with E-state index in [0.717, 1.165) is 30.5 Å². The predicted molar refractivity (Wildman–Crippen MR) is 149 cm³/mol. The molecule has 3 aromatic rings. The van der Waals surface area contributed by atoms with E-state index in [1.54, 1.807) is 0 Å². The van der Waals surface area contributed by atoms with E-state index < -0.39 is 8.32 Å². The normalized spacial score (nSPS) is 23.5. The Morgan fingerprint density at radius 2 is 1.86 bits per heavy atom. The fourth-order valence-electron chi connectivity index (χ4n) is 5.58. The van der Waals surface area contributed by atoms with E-state index in [9.17, 15) is 9.90 Å². The van der Waals surface area contributed by atoms with Crippen LogP contribution < -0.4 is 0 Å². The van der Waals surface area contributed by atoms with E-state index >= 15 is 0 Å². The highest BCUT2D eigenvalue weighted by Gasteiger charge is 2.49. The highest BCUT2D eigenvalue weighted by Crippen LogP contribution is 2.45. The van der Waals surface area contributed by atoms with Gasteiger partial charge in [0.05, 0.1) is 30.4 Å². The van der Waals surface area contributed by atoms with E-state index in [1.165, 1.54) is 9.13 Å². The zero-order valence-corrected chi connectivity index (χ0v) is 23.9. The first-order valence-electron chi connectivity index (χ1n) is 12.4. The van der Waals surface area contributed by atoms with Crippen molar-refractivity contribution in [3.8, 4) is 0 Å². The van der Waals surface area contributed by atoms with Crippen molar-refractivity contribution in [1.29, 1.82) is 0 Å². The quantitative estimate of drug-likeness (QED) is 0.251. The summed E-state index contributed by atoms with van der Waals surface area (Å²) < 4.78 is 9.70. The van der Waals surface area contributed by atoms with Gasteiger partial charge in [-0.1, -0.05) is 54.6 Å². The van der Waals surface area contributed by atoms with Crippen molar-refractivity contribution in [3.05, 3.63) is 81.2 Å². The second-order valence-electron chi connectivity index (χ2n) is 10.3. The van der Waals surface area contributed by atoms with Gasteiger partial charge in [-0.25, -0.2) is 0 Å². The molecule has 188 valence electrons. The average molecular weight is 606 g/mol. The zero-order chi connectivity index (χ0) is 25.0. The Labute approximate surface area is 223 Å². The van der Waals surface area contributed by atoms with Gasteiger partial charge in [0.15, 0.2) is 8.32 Å². The van der Waals surface area contributed by atoms with Crippen LogP contribution in [0.25, 0.3) is 0 Å². The molecular formula is C27H36IN3O3Si. The maximum atomic E-state index is 11.1. The van der Waals surface area contributed by atoms with Crippen LogP contribution >= 0.6 is 22.6 Å². The van der Waals surface area contributed by atoms with Crippen LogP contribution in [0.2, 0.25) is 18.6 Å². The number of hydrogen-bond acceptors (Lipinski definition) is 5. The van der Waals surface area contributed by atoms with Crippen LogP contribution in [0.5, 0.6) is 0 Å². The number of hydrogen-bond donors (Lipinski definition) is 2. The third-order valence-corrected chi connectivity index (χ3v) is 10.5. The van der Waals surface area contributed by atoms with E-state index in [-0.39, 0.29) is 30.3 Å². The van der Waals surface area contributed by atoms with Crippen LogP contribution in [0.1, 0.15) is 42.5 Å². The number of aryl methyl sites for hydroxylation is 2. The summed E-state index contributed by atoms with van der Waals surface area (Å²) in [6.07, 6.45) is 4.80. The number of nitrogens with zero attached hydrogens (tertiary/aromatic N) is 3. The molecule has 0 bridgehead atoms. The van der Waals surface area contributed by atoms with Crippen molar-refractivity contribution in [1.82, 2.24) is 15.0 Å². The van der Waals surface area contributed by atoms with Crippen LogP contribution in [0.4, 0.5) is 0 Å². The molecule has 1 aromatic heterocycles. The molecule has 35 heavy (non-hydrogen) atoms. The monoisotopic (exact) mass is 605 g/mol. The van der Waals surface area contributed by atoms with Crippen molar-refractivity contribution in [2.75, 3.05) is 6.61 Å². The molecule has 0 saturated carbocycles. The Bertz CT molecular complexity index is 1090. The first kappa shape index (κ1) is 26.5. The SMILES string of the molecule is C[C@H]1[C@H]([Si](C)(C)O)[C@@H](CCn2cc(C(CO)c3ccccc3)nn2)O[C@H]1CCc1cccc(I)c1. The van der Waals surface area contributed by atoms with Crippen LogP contribution in [0.3, 0.4) is 0 Å². The molecule has 0 aliphatic carbocycles. The molecule has 6 nitrogen and oxygen atoms in total. The number of aromatic nitrogens is 3. The molecule has 1 aliphatic heterocycles. The molecule has 5 atom stereocenters. The molecule has 2 N–H and O–H groups in total. The Balaban J connectivity index is 1.41. The second kappa shape index (κ2) is 11.6. The highest BCUT2D eigenvalue weighted by molar-refractivity contribution is 14.1. The summed E-state index contributed by atoms with van der Waals surface area (Å²) in [5.41, 5.74) is 3.31. The van der Waals surface area contributed by atoms with Crippen molar-refractivity contribution >= 4 is 30.9 Å². The lowest BCUT2D eigenvalue weighted by Crippen LogP contribution is -2.40. The number of benzene rings is 2. The maximum Gasteiger partial charge on any atom is 0.188 e. The van der Waals surface area contributed by atoms with Gasteiger partial charge in [0, 0.05) is 21.9 Å². The number of ether oxygens (including phenoxy) is 1. The molecule has 4 rings (SSSR count). The zero-order valence-electron chi connectivity index (χ0n) is 20.7. The largest absolute Gasteiger partial charge is 0.432 e. The average Bonchev–Trinajstić information content (AvgIpc) is 3.41. The molecule has 1 fully saturated rings. The molecule has 0 amide bonds. The summed E-state index contributed by atoms with van der Waals surface area (Å²) in [6, 6.07) is 18.5. The van der Waals surface area contributed by atoms with Gasteiger partial charge in [-0.2, -0.15) is 0 Å². The lowest BCUT2D eigenvalue weighted by Gasteiger charge is -2.30. The molecule has 0 radical (unpaired) electrons. The minimum atomic E-state index is -2.41. The lowest BCUT2D eigenvalue weighted by atomic mass is 9.95. The summed E-state index contributed by atoms with van der Waals surface area (Å²) in [4.78, 5) is 11.1. The Morgan fingerprint density at radius 1 is 1.09 bits per heavy atom. The Morgan fingerprint density at radius 3 is 2.54 bits per heavy atom. The fourth-order valence-corrected chi connectivity index (χ4v) is 8.84. The third kappa shape index (κ3) is 6.59. The minimum absolute atomic E-state index is 0.00740. The van der Waals surface area contributed by atoms with Crippen molar-refractivity contribution in [2.24, 2.45) is 5.92 Å². The number of rotatable bonds is 10. The van der Waals surface area contributed by atoms with Gasteiger partial charge < -0.3 is 14.6 Å². The number of halogens is 1. The van der Waals surface area contributed by atoms with E-state index in [2.05, 4.69) is 64.1 Å². The Kier molecular flexibility index (Phi) is 8.80. The molecule has 1 aliphatic rings. The molecule has 2 aromatic carbocycles. The standard InChI is InChI=1S/C27H36IN3O3Si/c1-19-25(13-12-20-8-7-11-22(28)16-20)34-26(27(19)35(2,3)33)14-15-31-17-24(29-30-31)23(18-32)21-9-5-4-6-10-21/h4-11,16-17,19,23,25-27,32-33H,12-15,18H2,1-3H3/t19-,23?,25+,26-,27+/m1/s1.